The van der Waals surface area contributed by atoms with Crippen molar-refractivity contribution in [2.24, 2.45) is 23.7 Å². The summed E-state index contributed by atoms with van der Waals surface area (Å²) in [7, 11) is 0. The Balaban J connectivity index is 0.000000220. The molecule has 4 unspecified atom stereocenters. The Hall–Kier alpha value is -2.12. The molecule has 4 atom stereocenters. The van der Waals surface area contributed by atoms with Gasteiger partial charge in [-0.2, -0.15) is 0 Å². The van der Waals surface area contributed by atoms with Crippen LogP contribution in [0.3, 0.4) is 0 Å². The van der Waals surface area contributed by atoms with Crippen LogP contribution in [-0.2, 0) is 19.2 Å². The van der Waals surface area contributed by atoms with Crippen LogP contribution >= 0.6 is 0 Å². The third kappa shape index (κ3) is 5.01. The summed E-state index contributed by atoms with van der Waals surface area (Å²) < 4.78 is 0. The second kappa shape index (κ2) is 7.77. The first kappa shape index (κ1) is 17.9. The Morgan fingerprint density at radius 2 is 0.682 bits per heavy atom. The van der Waals surface area contributed by atoms with Crippen molar-refractivity contribution in [1.29, 1.82) is 0 Å². The van der Waals surface area contributed by atoms with Gasteiger partial charge in [0.05, 0.1) is 23.7 Å². The minimum Gasteiger partial charge on any atom is -0.481 e. The van der Waals surface area contributed by atoms with Gasteiger partial charge in [-0.05, 0) is 38.5 Å². The molecule has 2 aliphatic carbocycles. The van der Waals surface area contributed by atoms with Crippen molar-refractivity contribution < 1.29 is 39.6 Å². The van der Waals surface area contributed by atoms with Crippen LogP contribution in [0.25, 0.3) is 0 Å². The summed E-state index contributed by atoms with van der Waals surface area (Å²) >= 11 is 0. The molecule has 0 heterocycles. The van der Waals surface area contributed by atoms with E-state index in [0.717, 1.165) is 0 Å². The molecule has 124 valence electrons. The van der Waals surface area contributed by atoms with Crippen molar-refractivity contribution in [3.63, 3.8) is 0 Å². The molecule has 0 aromatic carbocycles. The summed E-state index contributed by atoms with van der Waals surface area (Å²) in [5, 5.41) is 34.1. The Morgan fingerprint density at radius 3 is 0.773 bits per heavy atom. The Bertz CT molecular complexity index is 376. The molecular formula is C14H20O8. The lowest BCUT2D eigenvalue weighted by Crippen LogP contribution is -2.13. The average Bonchev–Trinajstić information content (AvgIpc) is 3.09. The highest BCUT2D eigenvalue weighted by Crippen LogP contribution is 2.31. The molecule has 2 rings (SSSR count). The first-order valence-corrected chi connectivity index (χ1v) is 7.13. The maximum atomic E-state index is 10.4. The van der Waals surface area contributed by atoms with E-state index >= 15 is 0 Å². The first-order chi connectivity index (χ1) is 10.2. The van der Waals surface area contributed by atoms with Crippen molar-refractivity contribution in [2.75, 3.05) is 0 Å². The first-order valence-electron chi connectivity index (χ1n) is 7.13. The van der Waals surface area contributed by atoms with Gasteiger partial charge >= 0.3 is 23.9 Å². The maximum Gasteiger partial charge on any atom is 0.306 e. The standard InChI is InChI=1S/2C7H10O4/c2*8-6(9)4-1-2-5(3-4)7(10)11/h2*4-5H,1-3H2,(H,8,9)(H,10,11). The lowest BCUT2D eigenvalue weighted by atomic mass is 10.1. The molecule has 8 nitrogen and oxygen atoms in total. The number of hydrogen-bond acceptors (Lipinski definition) is 4. The summed E-state index contributed by atoms with van der Waals surface area (Å²) in [5.74, 6) is -5.20. The van der Waals surface area contributed by atoms with Gasteiger partial charge in [0, 0.05) is 0 Å². The van der Waals surface area contributed by atoms with E-state index in [9.17, 15) is 19.2 Å². The monoisotopic (exact) mass is 316 g/mol. The molecule has 0 amide bonds. The van der Waals surface area contributed by atoms with Crippen LogP contribution < -0.4 is 0 Å². The highest BCUT2D eigenvalue weighted by molar-refractivity contribution is 5.75. The van der Waals surface area contributed by atoms with Crippen LogP contribution in [0.15, 0.2) is 0 Å². The molecule has 22 heavy (non-hydrogen) atoms. The van der Waals surface area contributed by atoms with Crippen molar-refractivity contribution in [3.05, 3.63) is 0 Å². The van der Waals surface area contributed by atoms with E-state index in [1.54, 1.807) is 0 Å². The fraction of sp³-hybridized carbons (Fsp3) is 0.714. The number of carboxylic acid groups (broad SMARTS) is 4. The fourth-order valence-electron chi connectivity index (χ4n) is 2.86. The molecule has 0 spiro atoms. The number of rotatable bonds is 4. The number of hydrogen-bond donors (Lipinski definition) is 4. The maximum absolute atomic E-state index is 10.4. The molecule has 0 bridgehead atoms. The van der Waals surface area contributed by atoms with Gasteiger partial charge in [0.15, 0.2) is 0 Å². The zero-order valence-electron chi connectivity index (χ0n) is 12.0. The SMILES string of the molecule is O=C(O)C1CCC(C(=O)O)C1.O=C(O)C1CCC(C(=O)O)C1. The number of carboxylic acids is 4. The molecule has 4 N–H and O–H groups in total. The second-order valence-electron chi connectivity index (χ2n) is 5.77. The molecule has 8 heteroatoms. The van der Waals surface area contributed by atoms with E-state index in [1.807, 2.05) is 0 Å². The van der Waals surface area contributed by atoms with Gasteiger partial charge in [0.1, 0.15) is 0 Å². The topological polar surface area (TPSA) is 149 Å². The van der Waals surface area contributed by atoms with Gasteiger partial charge in [-0.25, -0.2) is 0 Å². The normalized spacial score (nSPS) is 30.2. The fourth-order valence-corrected chi connectivity index (χ4v) is 2.86. The smallest absolute Gasteiger partial charge is 0.306 e. The summed E-state index contributed by atoms with van der Waals surface area (Å²) in [6.45, 7) is 0. The molecule has 0 aromatic heterocycles. The molecule has 0 aromatic rings. The van der Waals surface area contributed by atoms with Gasteiger partial charge in [0.25, 0.3) is 0 Å². The van der Waals surface area contributed by atoms with E-state index in [-0.39, 0.29) is 0 Å². The lowest BCUT2D eigenvalue weighted by molar-refractivity contribution is -0.145. The van der Waals surface area contributed by atoms with Crippen LogP contribution in [0.4, 0.5) is 0 Å². The largest absolute Gasteiger partial charge is 0.481 e. The van der Waals surface area contributed by atoms with Crippen LogP contribution in [-0.4, -0.2) is 44.3 Å². The number of aliphatic carboxylic acids is 4. The van der Waals surface area contributed by atoms with E-state index in [1.165, 1.54) is 0 Å². The van der Waals surface area contributed by atoms with Crippen molar-refractivity contribution in [3.8, 4) is 0 Å². The van der Waals surface area contributed by atoms with Crippen LogP contribution in [0.2, 0.25) is 0 Å². The van der Waals surface area contributed by atoms with Crippen LogP contribution in [0.5, 0.6) is 0 Å². The molecule has 2 fully saturated rings. The third-order valence-corrected chi connectivity index (χ3v) is 4.26. The molecular weight excluding hydrogens is 296 g/mol. The van der Waals surface area contributed by atoms with Gasteiger partial charge in [0.2, 0.25) is 0 Å². The Labute approximate surface area is 126 Å². The average molecular weight is 316 g/mol. The number of carbonyl (C=O) groups is 4. The minimum absolute atomic E-state index is 0.296. The lowest BCUT2D eigenvalue weighted by Gasteiger charge is -2.01. The van der Waals surface area contributed by atoms with Crippen LogP contribution in [0, 0.1) is 23.7 Å². The van der Waals surface area contributed by atoms with E-state index in [4.69, 9.17) is 20.4 Å². The highest BCUT2D eigenvalue weighted by Gasteiger charge is 2.34. The van der Waals surface area contributed by atoms with E-state index in [0.29, 0.717) is 38.5 Å². The summed E-state index contributed by atoms with van der Waals surface area (Å²) in [5.41, 5.74) is 0. The molecule has 2 saturated carbocycles. The predicted octanol–water partition coefficient (Wildman–Crippen LogP) is 1.14. The molecule has 0 aliphatic heterocycles. The molecule has 0 saturated heterocycles. The van der Waals surface area contributed by atoms with Gasteiger partial charge in [-0.3, -0.25) is 19.2 Å². The van der Waals surface area contributed by atoms with Crippen LogP contribution in [0.1, 0.15) is 38.5 Å². The zero-order valence-corrected chi connectivity index (χ0v) is 12.0. The van der Waals surface area contributed by atoms with Crippen molar-refractivity contribution in [1.82, 2.24) is 0 Å². The zero-order chi connectivity index (χ0) is 16.9. The third-order valence-electron chi connectivity index (χ3n) is 4.26. The molecule has 2 aliphatic rings. The minimum atomic E-state index is -0.867. The highest BCUT2D eigenvalue weighted by atomic mass is 16.4. The summed E-state index contributed by atoms with van der Waals surface area (Å²) in [6, 6.07) is 0. The van der Waals surface area contributed by atoms with Crippen molar-refractivity contribution >= 4 is 23.9 Å². The second-order valence-corrected chi connectivity index (χ2v) is 5.77. The predicted molar refractivity (Wildman–Crippen MR) is 72.2 cm³/mol. The summed E-state index contributed by atoms with van der Waals surface area (Å²) in [6.07, 6.45) is 2.62. The van der Waals surface area contributed by atoms with Gasteiger partial charge < -0.3 is 20.4 Å². The quantitative estimate of drug-likeness (QED) is 0.603. The van der Waals surface area contributed by atoms with Crippen molar-refractivity contribution in [2.45, 2.75) is 38.5 Å². The van der Waals surface area contributed by atoms with E-state index in [2.05, 4.69) is 0 Å². The summed E-state index contributed by atoms with van der Waals surface area (Å²) in [4.78, 5) is 41.5. The van der Waals surface area contributed by atoms with E-state index < -0.39 is 47.5 Å². The molecule has 0 radical (unpaired) electrons. The van der Waals surface area contributed by atoms with Gasteiger partial charge in [-0.15, -0.1) is 0 Å². The van der Waals surface area contributed by atoms with Gasteiger partial charge in [-0.1, -0.05) is 0 Å². The Morgan fingerprint density at radius 1 is 0.500 bits per heavy atom. The Kier molecular flexibility index (Phi) is 6.33.